The van der Waals surface area contributed by atoms with Gasteiger partial charge in [0.25, 0.3) is 0 Å². The van der Waals surface area contributed by atoms with Crippen molar-refractivity contribution in [3.8, 4) is 11.6 Å². The first-order chi connectivity index (χ1) is 9.19. The van der Waals surface area contributed by atoms with Crippen LogP contribution in [0.2, 0.25) is 0 Å². The Morgan fingerprint density at radius 2 is 2.30 bits per heavy atom. The van der Waals surface area contributed by atoms with Gasteiger partial charge in [-0.3, -0.25) is 9.69 Å². The molecular formula is C12H16ClN3O4. The Hall–Kier alpha value is -1.86. The number of halogens is 1. The molecule has 0 aliphatic carbocycles. The summed E-state index contributed by atoms with van der Waals surface area (Å²) in [4.78, 5) is 16.7. The highest BCUT2D eigenvalue weighted by molar-refractivity contribution is 5.85. The number of carboxylic acid groups (broad SMARTS) is 1. The maximum absolute atomic E-state index is 10.7. The minimum absolute atomic E-state index is 0. The van der Waals surface area contributed by atoms with Crippen molar-refractivity contribution in [2.75, 3.05) is 13.1 Å². The van der Waals surface area contributed by atoms with Crippen LogP contribution in [-0.4, -0.2) is 39.2 Å². The van der Waals surface area contributed by atoms with Gasteiger partial charge in [-0.05, 0) is 25.1 Å². The molecule has 0 aromatic carbocycles. The summed E-state index contributed by atoms with van der Waals surface area (Å²) >= 11 is 0. The lowest BCUT2D eigenvalue weighted by molar-refractivity contribution is -0.138. The second kappa shape index (κ2) is 7.66. The molecule has 0 saturated carbocycles. The van der Waals surface area contributed by atoms with Crippen LogP contribution in [0.5, 0.6) is 0 Å². The largest absolute Gasteiger partial charge is 0.480 e. The van der Waals surface area contributed by atoms with E-state index < -0.39 is 5.97 Å². The van der Waals surface area contributed by atoms with Gasteiger partial charge < -0.3 is 14.0 Å². The van der Waals surface area contributed by atoms with Gasteiger partial charge in [0.1, 0.15) is 0 Å². The number of hydrogen-bond acceptors (Lipinski definition) is 6. The molecule has 7 nitrogen and oxygen atoms in total. The Morgan fingerprint density at radius 1 is 1.50 bits per heavy atom. The smallest absolute Gasteiger partial charge is 0.317 e. The molecule has 0 bridgehead atoms. The standard InChI is InChI=1S/C12H15N3O4.ClH/c1-2-5-15(8-11(16)17)7-10-13-12(14-19-10)9-4-3-6-18-9;/h3-4,6H,2,5,7-8H2,1H3,(H,16,17);1H. The molecule has 20 heavy (non-hydrogen) atoms. The van der Waals surface area contributed by atoms with Crippen molar-refractivity contribution in [2.45, 2.75) is 19.9 Å². The molecule has 0 saturated heterocycles. The van der Waals surface area contributed by atoms with Crippen molar-refractivity contribution >= 4 is 18.4 Å². The van der Waals surface area contributed by atoms with E-state index in [1.165, 1.54) is 6.26 Å². The number of furan rings is 1. The number of nitrogens with zero attached hydrogens (tertiary/aromatic N) is 3. The maximum atomic E-state index is 10.7. The highest BCUT2D eigenvalue weighted by atomic mass is 35.5. The summed E-state index contributed by atoms with van der Waals surface area (Å²) in [5, 5.41) is 12.6. The molecule has 0 spiro atoms. The SMILES string of the molecule is CCCN(CC(=O)O)Cc1nc(-c2ccco2)no1.Cl. The minimum atomic E-state index is -0.876. The average molecular weight is 302 g/mol. The van der Waals surface area contributed by atoms with E-state index in [4.69, 9.17) is 14.0 Å². The number of aromatic nitrogens is 2. The molecule has 0 atom stereocenters. The summed E-state index contributed by atoms with van der Waals surface area (Å²) in [6.45, 7) is 2.90. The van der Waals surface area contributed by atoms with Crippen LogP contribution in [0.25, 0.3) is 11.6 Å². The Labute approximate surface area is 122 Å². The van der Waals surface area contributed by atoms with E-state index in [9.17, 15) is 4.79 Å². The van der Waals surface area contributed by atoms with E-state index in [1.807, 2.05) is 6.92 Å². The summed E-state index contributed by atoms with van der Waals surface area (Å²) in [6.07, 6.45) is 2.38. The fourth-order valence-electron chi connectivity index (χ4n) is 1.74. The van der Waals surface area contributed by atoms with Crippen molar-refractivity contribution in [3.05, 3.63) is 24.3 Å². The third-order valence-corrected chi connectivity index (χ3v) is 2.47. The molecule has 0 radical (unpaired) electrons. The second-order valence-corrected chi connectivity index (χ2v) is 4.09. The average Bonchev–Trinajstić information content (AvgIpc) is 2.97. The molecule has 0 fully saturated rings. The lowest BCUT2D eigenvalue weighted by Gasteiger charge is -2.16. The fourth-order valence-corrected chi connectivity index (χ4v) is 1.74. The first-order valence-electron chi connectivity index (χ1n) is 5.99. The van der Waals surface area contributed by atoms with Crippen molar-refractivity contribution in [1.82, 2.24) is 15.0 Å². The van der Waals surface area contributed by atoms with E-state index in [1.54, 1.807) is 17.0 Å². The van der Waals surface area contributed by atoms with Gasteiger partial charge in [0.15, 0.2) is 5.76 Å². The third-order valence-electron chi connectivity index (χ3n) is 2.47. The predicted molar refractivity (Wildman–Crippen MR) is 72.5 cm³/mol. The molecule has 2 heterocycles. The summed E-state index contributed by atoms with van der Waals surface area (Å²) < 4.78 is 10.2. The molecule has 2 rings (SSSR count). The zero-order chi connectivity index (χ0) is 13.7. The van der Waals surface area contributed by atoms with Gasteiger partial charge in [-0.1, -0.05) is 12.1 Å². The van der Waals surface area contributed by atoms with Crippen molar-refractivity contribution in [3.63, 3.8) is 0 Å². The molecule has 8 heteroatoms. The summed E-state index contributed by atoms with van der Waals surface area (Å²) in [5.41, 5.74) is 0. The van der Waals surface area contributed by atoms with Gasteiger partial charge in [-0.2, -0.15) is 4.98 Å². The zero-order valence-corrected chi connectivity index (χ0v) is 11.8. The second-order valence-electron chi connectivity index (χ2n) is 4.09. The Bertz CT molecular complexity index is 527. The summed E-state index contributed by atoms with van der Waals surface area (Å²) in [5.74, 6) is 0.391. The number of rotatable bonds is 7. The van der Waals surface area contributed by atoms with Crippen LogP contribution in [0.4, 0.5) is 0 Å². The van der Waals surface area contributed by atoms with Gasteiger partial charge in [0.2, 0.25) is 11.7 Å². The van der Waals surface area contributed by atoms with Gasteiger partial charge in [-0.25, -0.2) is 0 Å². The van der Waals surface area contributed by atoms with E-state index in [0.717, 1.165) is 6.42 Å². The van der Waals surface area contributed by atoms with Gasteiger partial charge in [-0.15, -0.1) is 12.4 Å². The third kappa shape index (κ3) is 4.36. The summed E-state index contributed by atoms with van der Waals surface area (Å²) in [6, 6.07) is 3.47. The Kier molecular flexibility index (Phi) is 6.20. The Morgan fingerprint density at radius 3 is 2.90 bits per heavy atom. The van der Waals surface area contributed by atoms with Gasteiger partial charge in [0.05, 0.1) is 19.4 Å². The lowest BCUT2D eigenvalue weighted by Crippen LogP contribution is -2.30. The van der Waals surface area contributed by atoms with Crippen LogP contribution in [-0.2, 0) is 11.3 Å². The van der Waals surface area contributed by atoms with Crippen LogP contribution in [0, 0.1) is 0 Å². The molecule has 0 amide bonds. The molecule has 2 aromatic rings. The quantitative estimate of drug-likeness (QED) is 0.836. The van der Waals surface area contributed by atoms with Crippen molar-refractivity contribution < 1.29 is 18.8 Å². The Balaban J connectivity index is 0.00000200. The lowest BCUT2D eigenvalue weighted by atomic mass is 10.4. The fraction of sp³-hybridized carbons (Fsp3) is 0.417. The van der Waals surface area contributed by atoms with Crippen molar-refractivity contribution in [1.29, 1.82) is 0 Å². The van der Waals surface area contributed by atoms with E-state index >= 15 is 0 Å². The number of carboxylic acids is 1. The van der Waals surface area contributed by atoms with Crippen LogP contribution in [0.15, 0.2) is 27.3 Å². The van der Waals surface area contributed by atoms with E-state index in [-0.39, 0.29) is 19.0 Å². The normalized spacial score (nSPS) is 10.5. The number of hydrogen-bond donors (Lipinski definition) is 1. The topological polar surface area (TPSA) is 92.6 Å². The number of carbonyl (C=O) groups is 1. The highest BCUT2D eigenvalue weighted by Crippen LogP contribution is 2.16. The molecule has 2 aromatic heterocycles. The molecule has 0 aliphatic rings. The first-order valence-corrected chi connectivity index (χ1v) is 5.99. The van der Waals surface area contributed by atoms with E-state index in [0.29, 0.717) is 30.6 Å². The van der Waals surface area contributed by atoms with Gasteiger partial charge in [0, 0.05) is 0 Å². The first kappa shape index (κ1) is 16.2. The monoisotopic (exact) mass is 301 g/mol. The maximum Gasteiger partial charge on any atom is 0.317 e. The molecule has 1 N–H and O–H groups in total. The zero-order valence-electron chi connectivity index (χ0n) is 11.0. The molecular weight excluding hydrogens is 286 g/mol. The molecule has 0 aliphatic heterocycles. The molecule has 110 valence electrons. The number of aliphatic carboxylic acids is 1. The van der Waals surface area contributed by atoms with Crippen molar-refractivity contribution in [2.24, 2.45) is 0 Å². The van der Waals surface area contributed by atoms with Crippen LogP contribution >= 0.6 is 12.4 Å². The highest BCUT2D eigenvalue weighted by Gasteiger charge is 2.15. The minimum Gasteiger partial charge on any atom is -0.480 e. The van der Waals surface area contributed by atoms with Crippen LogP contribution < -0.4 is 0 Å². The van der Waals surface area contributed by atoms with Crippen LogP contribution in [0.1, 0.15) is 19.2 Å². The summed E-state index contributed by atoms with van der Waals surface area (Å²) in [7, 11) is 0. The predicted octanol–water partition coefficient (Wildman–Crippen LogP) is 2.05. The van der Waals surface area contributed by atoms with Gasteiger partial charge >= 0.3 is 5.97 Å². The van der Waals surface area contributed by atoms with Crippen LogP contribution in [0.3, 0.4) is 0 Å². The molecule has 0 unspecified atom stereocenters. The van der Waals surface area contributed by atoms with E-state index in [2.05, 4.69) is 10.1 Å².